The summed E-state index contributed by atoms with van der Waals surface area (Å²) in [6.07, 6.45) is 12.9. The molecule has 0 aliphatic heterocycles. The van der Waals surface area contributed by atoms with Gasteiger partial charge in [0, 0.05) is 31.7 Å². The van der Waals surface area contributed by atoms with Gasteiger partial charge in [-0.05, 0) is 62.3 Å². The van der Waals surface area contributed by atoms with Crippen molar-refractivity contribution in [2.24, 2.45) is 0 Å². The number of nitrogens with zero attached hydrogens (tertiary/aromatic N) is 3. The zero-order chi connectivity index (χ0) is 25.9. The SMILES string of the molecule is Cc1cccc(CSc2nnc(CCCCC(=O)NCc3ccc(F)cc3)n2CCC2=CCCC=C2)c1. The summed E-state index contributed by atoms with van der Waals surface area (Å²) in [6.45, 7) is 3.38. The van der Waals surface area contributed by atoms with Gasteiger partial charge < -0.3 is 9.88 Å². The van der Waals surface area contributed by atoms with Crippen molar-refractivity contribution in [1.82, 2.24) is 20.1 Å². The van der Waals surface area contributed by atoms with E-state index in [4.69, 9.17) is 0 Å². The highest BCUT2D eigenvalue weighted by Gasteiger charge is 2.14. The quantitative estimate of drug-likeness (QED) is 0.202. The van der Waals surface area contributed by atoms with Crippen molar-refractivity contribution in [1.29, 1.82) is 0 Å². The second kappa shape index (κ2) is 13.9. The molecule has 0 saturated carbocycles. The smallest absolute Gasteiger partial charge is 0.220 e. The highest BCUT2D eigenvalue weighted by Crippen LogP contribution is 2.25. The van der Waals surface area contributed by atoms with Crippen molar-refractivity contribution in [2.75, 3.05) is 0 Å². The largest absolute Gasteiger partial charge is 0.352 e. The van der Waals surface area contributed by atoms with Crippen molar-refractivity contribution < 1.29 is 9.18 Å². The van der Waals surface area contributed by atoms with Gasteiger partial charge in [0.15, 0.2) is 5.16 Å². The number of carbonyl (C=O) groups is 1. The van der Waals surface area contributed by atoms with Gasteiger partial charge in [0.05, 0.1) is 0 Å². The summed E-state index contributed by atoms with van der Waals surface area (Å²) in [5, 5.41) is 12.9. The first kappa shape index (κ1) is 26.9. The number of allylic oxidation sites excluding steroid dienone is 4. The number of amides is 1. The van der Waals surface area contributed by atoms with E-state index in [1.807, 2.05) is 0 Å². The number of aryl methyl sites for hydroxylation is 2. The zero-order valence-corrected chi connectivity index (χ0v) is 22.3. The fraction of sp³-hybridized carbons (Fsp3) is 0.367. The summed E-state index contributed by atoms with van der Waals surface area (Å²) in [6, 6.07) is 14.8. The molecule has 37 heavy (non-hydrogen) atoms. The molecule has 3 aromatic rings. The molecular formula is C30H35FN4OS. The van der Waals surface area contributed by atoms with Crippen molar-refractivity contribution in [2.45, 2.75) is 75.9 Å². The lowest BCUT2D eigenvalue weighted by Gasteiger charge is -2.12. The van der Waals surface area contributed by atoms with Crippen LogP contribution in [0.25, 0.3) is 0 Å². The fourth-order valence-electron chi connectivity index (χ4n) is 4.34. The van der Waals surface area contributed by atoms with E-state index >= 15 is 0 Å². The third kappa shape index (κ3) is 8.71. The molecule has 1 aliphatic rings. The van der Waals surface area contributed by atoms with E-state index in [9.17, 15) is 9.18 Å². The van der Waals surface area contributed by atoms with E-state index in [1.165, 1.54) is 28.8 Å². The van der Waals surface area contributed by atoms with Crippen LogP contribution in [0.1, 0.15) is 61.0 Å². The number of benzene rings is 2. The maximum Gasteiger partial charge on any atom is 0.220 e. The predicted molar refractivity (Wildman–Crippen MR) is 148 cm³/mol. The van der Waals surface area contributed by atoms with Crippen LogP contribution in [0.3, 0.4) is 0 Å². The Labute approximate surface area is 223 Å². The van der Waals surface area contributed by atoms with Crippen LogP contribution in [0, 0.1) is 12.7 Å². The van der Waals surface area contributed by atoms with Crippen molar-refractivity contribution in [3.8, 4) is 0 Å². The van der Waals surface area contributed by atoms with E-state index in [2.05, 4.69) is 69.5 Å². The minimum atomic E-state index is -0.272. The number of unbranched alkanes of at least 4 members (excludes halogenated alkanes) is 1. The van der Waals surface area contributed by atoms with Crippen LogP contribution in [-0.2, 0) is 30.1 Å². The van der Waals surface area contributed by atoms with Crippen LogP contribution in [0.4, 0.5) is 4.39 Å². The minimum absolute atomic E-state index is 0.0104. The van der Waals surface area contributed by atoms with E-state index < -0.39 is 0 Å². The van der Waals surface area contributed by atoms with Gasteiger partial charge >= 0.3 is 0 Å². The van der Waals surface area contributed by atoms with Gasteiger partial charge in [-0.1, -0.05) is 77.5 Å². The average Bonchev–Trinajstić information content (AvgIpc) is 3.30. The molecule has 0 bridgehead atoms. The molecule has 1 aromatic heterocycles. The summed E-state index contributed by atoms with van der Waals surface area (Å²) in [4.78, 5) is 12.3. The highest BCUT2D eigenvalue weighted by atomic mass is 32.2. The van der Waals surface area contributed by atoms with E-state index in [0.717, 1.165) is 67.4 Å². The average molecular weight is 519 g/mol. The third-order valence-corrected chi connectivity index (χ3v) is 7.43. The summed E-state index contributed by atoms with van der Waals surface area (Å²) >= 11 is 1.73. The first-order chi connectivity index (χ1) is 18.1. The lowest BCUT2D eigenvalue weighted by molar-refractivity contribution is -0.121. The normalized spacial score (nSPS) is 13.0. The van der Waals surface area contributed by atoms with Crippen LogP contribution in [0.15, 0.2) is 77.5 Å². The Kier molecular flexibility index (Phi) is 10.1. The molecule has 0 unspecified atom stereocenters. The highest BCUT2D eigenvalue weighted by molar-refractivity contribution is 7.98. The number of halogens is 1. The van der Waals surface area contributed by atoms with Gasteiger partial charge in [-0.3, -0.25) is 4.79 Å². The Balaban J connectivity index is 1.30. The Morgan fingerprint density at radius 1 is 1.05 bits per heavy atom. The van der Waals surface area contributed by atoms with Crippen molar-refractivity contribution >= 4 is 17.7 Å². The first-order valence-electron chi connectivity index (χ1n) is 13.0. The lowest BCUT2D eigenvalue weighted by Crippen LogP contribution is -2.22. The molecule has 0 fully saturated rings. The van der Waals surface area contributed by atoms with Crippen LogP contribution in [0.5, 0.6) is 0 Å². The summed E-state index contributed by atoms with van der Waals surface area (Å²) < 4.78 is 15.3. The van der Waals surface area contributed by atoms with E-state index in [0.29, 0.717) is 13.0 Å². The number of aromatic nitrogens is 3. The van der Waals surface area contributed by atoms with Crippen LogP contribution in [0.2, 0.25) is 0 Å². The van der Waals surface area contributed by atoms with E-state index in [1.54, 1.807) is 23.9 Å². The van der Waals surface area contributed by atoms with Crippen LogP contribution in [-0.4, -0.2) is 20.7 Å². The zero-order valence-electron chi connectivity index (χ0n) is 21.5. The monoisotopic (exact) mass is 518 g/mol. The molecular weight excluding hydrogens is 483 g/mol. The van der Waals surface area contributed by atoms with Crippen LogP contribution < -0.4 is 5.32 Å². The van der Waals surface area contributed by atoms with Gasteiger partial charge in [-0.25, -0.2) is 4.39 Å². The van der Waals surface area contributed by atoms with Gasteiger partial charge in [0.25, 0.3) is 0 Å². The molecule has 0 radical (unpaired) electrons. The number of hydrogen-bond acceptors (Lipinski definition) is 4. The molecule has 5 nitrogen and oxygen atoms in total. The minimum Gasteiger partial charge on any atom is -0.352 e. The molecule has 0 atom stereocenters. The third-order valence-electron chi connectivity index (χ3n) is 6.40. The number of thioether (sulfide) groups is 1. The molecule has 1 aliphatic carbocycles. The Morgan fingerprint density at radius 3 is 2.70 bits per heavy atom. The Hall–Kier alpha value is -3.19. The second-order valence-corrected chi connectivity index (χ2v) is 10.4. The summed E-state index contributed by atoms with van der Waals surface area (Å²) in [5.41, 5.74) is 4.81. The standard InChI is InChI=1S/C30H35FN4OS/c1-23-8-7-11-26(20-23)22-37-30-34-33-28(35(30)19-18-24-9-3-2-4-10-24)12-5-6-13-29(36)32-21-25-14-16-27(31)17-15-25/h3,7-11,14-17,20H,2,4-6,12-13,18-19,21-22H2,1H3,(H,32,36). The molecule has 1 N–H and O–H groups in total. The number of rotatable bonds is 13. The van der Waals surface area contributed by atoms with Gasteiger partial charge in [0.2, 0.25) is 5.91 Å². The Bertz CT molecular complexity index is 1230. The number of carbonyl (C=O) groups excluding carboxylic acids is 1. The molecule has 1 amide bonds. The van der Waals surface area contributed by atoms with Crippen molar-refractivity contribution in [3.63, 3.8) is 0 Å². The maximum atomic E-state index is 13.0. The second-order valence-electron chi connectivity index (χ2n) is 9.45. The van der Waals surface area contributed by atoms with Gasteiger partial charge in [-0.15, -0.1) is 10.2 Å². The lowest BCUT2D eigenvalue weighted by atomic mass is 10.0. The molecule has 2 aromatic carbocycles. The molecule has 7 heteroatoms. The Morgan fingerprint density at radius 2 is 1.92 bits per heavy atom. The molecule has 1 heterocycles. The summed E-state index contributed by atoms with van der Waals surface area (Å²) in [5.74, 6) is 1.58. The molecule has 0 saturated heterocycles. The predicted octanol–water partition coefficient (Wildman–Crippen LogP) is 6.71. The molecule has 194 valence electrons. The molecule has 4 rings (SSSR count). The van der Waals surface area contributed by atoms with Gasteiger partial charge in [0.1, 0.15) is 11.6 Å². The topological polar surface area (TPSA) is 59.8 Å². The van der Waals surface area contributed by atoms with Crippen molar-refractivity contribution in [3.05, 3.63) is 101 Å². The first-order valence-corrected chi connectivity index (χ1v) is 14.0. The number of nitrogens with one attached hydrogen (secondary N) is 1. The van der Waals surface area contributed by atoms with E-state index in [-0.39, 0.29) is 11.7 Å². The van der Waals surface area contributed by atoms with Gasteiger partial charge in [-0.2, -0.15) is 0 Å². The fourth-order valence-corrected chi connectivity index (χ4v) is 5.27. The number of hydrogen-bond donors (Lipinski definition) is 1. The molecule has 0 spiro atoms. The summed E-state index contributed by atoms with van der Waals surface area (Å²) in [7, 11) is 0. The van der Waals surface area contributed by atoms with Crippen LogP contribution >= 0.6 is 11.8 Å². The maximum absolute atomic E-state index is 13.0.